The van der Waals surface area contributed by atoms with Crippen molar-refractivity contribution in [3.63, 3.8) is 0 Å². The third-order valence-electron chi connectivity index (χ3n) is 4.55. The number of amides is 2. The molecule has 1 N–H and O–H groups in total. The van der Waals surface area contributed by atoms with Crippen LogP contribution in [0.3, 0.4) is 0 Å². The molecule has 2 aliphatic heterocycles. The Bertz CT molecular complexity index is 756. The molecular weight excluding hydrogens is 268 g/mol. The molecule has 0 radical (unpaired) electrons. The summed E-state index contributed by atoms with van der Waals surface area (Å²) < 4.78 is 5.71. The van der Waals surface area contributed by atoms with E-state index in [2.05, 4.69) is 5.32 Å². The first-order valence-corrected chi connectivity index (χ1v) is 7.16. The van der Waals surface area contributed by atoms with Gasteiger partial charge in [0.15, 0.2) is 5.76 Å². The highest BCUT2D eigenvalue weighted by molar-refractivity contribution is 5.99. The summed E-state index contributed by atoms with van der Waals surface area (Å²) in [6, 6.07) is 7.66. The summed E-state index contributed by atoms with van der Waals surface area (Å²) in [5.74, 6) is 0.410. The van der Waals surface area contributed by atoms with Crippen molar-refractivity contribution in [2.75, 3.05) is 13.1 Å². The number of benzene rings is 1. The third kappa shape index (κ3) is 1.77. The zero-order valence-corrected chi connectivity index (χ0v) is 11.8. The standard InChI is InChI=1S/C16H16N2O3/c1-10-11-4-2-3-5-12(11)21-14(10)15(20)18-8-16(9-18)7-6-13(19)17-16/h2-5H,6-9H2,1H3,(H,17,19). The van der Waals surface area contributed by atoms with Crippen LogP contribution in [0.15, 0.2) is 28.7 Å². The molecule has 2 saturated heterocycles. The maximum atomic E-state index is 12.6. The summed E-state index contributed by atoms with van der Waals surface area (Å²) in [5, 5.41) is 3.96. The van der Waals surface area contributed by atoms with Gasteiger partial charge in [0.25, 0.3) is 5.91 Å². The molecule has 5 nitrogen and oxygen atoms in total. The van der Waals surface area contributed by atoms with Crippen LogP contribution in [0.2, 0.25) is 0 Å². The zero-order valence-electron chi connectivity index (χ0n) is 11.8. The van der Waals surface area contributed by atoms with Gasteiger partial charge in [-0.3, -0.25) is 9.59 Å². The topological polar surface area (TPSA) is 62.6 Å². The van der Waals surface area contributed by atoms with Gasteiger partial charge < -0.3 is 14.6 Å². The molecule has 2 fully saturated rings. The van der Waals surface area contributed by atoms with Gasteiger partial charge in [0.1, 0.15) is 5.58 Å². The molecule has 3 heterocycles. The lowest BCUT2D eigenvalue weighted by Gasteiger charge is -2.47. The highest BCUT2D eigenvalue weighted by atomic mass is 16.3. The van der Waals surface area contributed by atoms with Gasteiger partial charge in [-0.05, 0) is 19.4 Å². The van der Waals surface area contributed by atoms with Crippen molar-refractivity contribution in [2.45, 2.75) is 25.3 Å². The molecule has 2 aliphatic rings. The number of carbonyl (C=O) groups excluding carboxylic acids is 2. The van der Waals surface area contributed by atoms with Gasteiger partial charge in [0.2, 0.25) is 5.91 Å². The van der Waals surface area contributed by atoms with Gasteiger partial charge in [0.05, 0.1) is 5.54 Å². The molecular formula is C16H16N2O3. The largest absolute Gasteiger partial charge is 0.451 e. The minimum atomic E-state index is -0.188. The van der Waals surface area contributed by atoms with Crippen LogP contribution in [0.1, 0.15) is 29.0 Å². The number of likely N-dealkylation sites (tertiary alicyclic amines) is 1. The van der Waals surface area contributed by atoms with E-state index in [0.29, 0.717) is 25.3 Å². The lowest BCUT2D eigenvalue weighted by Crippen LogP contribution is -2.68. The van der Waals surface area contributed by atoms with Crippen molar-refractivity contribution in [1.29, 1.82) is 0 Å². The predicted molar refractivity (Wildman–Crippen MR) is 77.0 cm³/mol. The minimum Gasteiger partial charge on any atom is -0.451 e. The van der Waals surface area contributed by atoms with Crippen molar-refractivity contribution < 1.29 is 14.0 Å². The van der Waals surface area contributed by atoms with Crippen LogP contribution >= 0.6 is 0 Å². The Morgan fingerprint density at radius 1 is 1.33 bits per heavy atom. The molecule has 0 atom stereocenters. The average molecular weight is 284 g/mol. The summed E-state index contributed by atoms with van der Waals surface area (Å²) in [6.07, 6.45) is 1.38. The Morgan fingerprint density at radius 2 is 2.10 bits per heavy atom. The number of rotatable bonds is 1. The fourth-order valence-electron chi connectivity index (χ4n) is 3.36. The normalized spacial score (nSPS) is 19.9. The van der Waals surface area contributed by atoms with Gasteiger partial charge in [0, 0.05) is 30.5 Å². The molecule has 1 aromatic carbocycles. The van der Waals surface area contributed by atoms with Crippen molar-refractivity contribution in [3.8, 4) is 0 Å². The number of fused-ring (bicyclic) bond motifs is 1. The van der Waals surface area contributed by atoms with Crippen LogP contribution in [-0.2, 0) is 4.79 Å². The van der Waals surface area contributed by atoms with Gasteiger partial charge in [-0.2, -0.15) is 0 Å². The first-order chi connectivity index (χ1) is 10.1. The van der Waals surface area contributed by atoms with Gasteiger partial charge in [-0.15, -0.1) is 0 Å². The van der Waals surface area contributed by atoms with E-state index in [1.54, 1.807) is 4.90 Å². The van der Waals surface area contributed by atoms with Crippen LogP contribution in [0.4, 0.5) is 0 Å². The molecule has 0 saturated carbocycles. The van der Waals surface area contributed by atoms with E-state index in [1.165, 1.54) is 0 Å². The number of para-hydroxylation sites is 1. The number of aryl methyl sites for hydroxylation is 1. The van der Waals surface area contributed by atoms with E-state index in [-0.39, 0.29) is 17.4 Å². The summed E-state index contributed by atoms with van der Waals surface area (Å²) in [7, 11) is 0. The van der Waals surface area contributed by atoms with Crippen molar-refractivity contribution in [1.82, 2.24) is 10.2 Å². The molecule has 1 spiro atoms. The maximum absolute atomic E-state index is 12.6. The fourth-order valence-corrected chi connectivity index (χ4v) is 3.36. The summed E-state index contributed by atoms with van der Waals surface area (Å²) in [6.45, 7) is 3.06. The monoisotopic (exact) mass is 284 g/mol. The highest BCUT2D eigenvalue weighted by Gasteiger charge is 2.50. The second kappa shape index (κ2) is 4.10. The van der Waals surface area contributed by atoms with Crippen molar-refractivity contribution in [3.05, 3.63) is 35.6 Å². The molecule has 4 rings (SSSR count). The SMILES string of the molecule is Cc1c(C(=O)N2CC3(CCC(=O)N3)C2)oc2ccccc12. The molecule has 21 heavy (non-hydrogen) atoms. The highest BCUT2D eigenvalue weighted by Crippen LogP contribution is 2.33. The molecule has 0 aliphatic carbocycles. The summed E-state index contributed by atoms with van der Waals surface area (Å²) >= 11 is 0. The quantitative estimate of drug-likeness (QED) is 0.869. The van der Waals surface area contributed by atoms with E-state index in [0.717, 1.165) is 23.0 Å². The Hall–Kier alpha value is -2.30. The first kappa shape index (κ1) is 12.4. The lowest BCUT2D eigenvalue weighted by atomic mass is 9.88. The van der Waals surface area contributed by atoms with Crippen LogP contribution in [0, 0.1) is 6.92 Å². The Labute approximate surface area is 121 Å². The number of hydrogen-bond acceptors (Lipinski definition) is 3. The Balaban J connectivity index is 1.58. The van der Waals surface area contributed by atoms with E-state index in [1.807, 2.05) is 31.2 Å². The molecule has 5 heteroatoms. The predicted octanol–water partition coefficient (Wildman–Crippen LogP) is 1.85. The van der Waals surface area contributed by atoms with Gasteiger partial charge in [-0.1, -0.05) is 18.2 Å². The first-order valence-electron chi connectivity index (χ1n) is 7.16. The smallest absolute Gasteiger partial charge is 0.290 e. The number of carbonyl (C=O) groups is 2. The molecule has 108 valence electrons. The van der Waals surface area contributed by atoms with Crippen LogP contribution in [0.5, 0.6) is 0 Å². The molecule has 0 bridgehead atoms. The van der Waals surface area contributed by atoms with E-state index in [4.69, 9.17) is 4.42 Å². The van der Waals surface area contributed by atoms with Gasteiger partial charge in [-0.25, -0.2) is 0 Å². The van der Waals surface area contributed by atoms with Gasteiger partial charge >= 0.3 is 0 Å². The second-order valence-corrected chi connectivity index (χ2v) is 6.04. The fraction of sp³-hybridized carbons (Fsp3) is 0.375. The maximum Gasteiger partial charge on any atom is 0.290 e. The number of nitrogens with one attached hydrogen (secondary N) is 1. The number of hydrogen-bond donors (Lipinski definition) is 1. The lowest BCUT2D eigenvalue weighted by molar-refractivity contribution is -0.120. The van der Waals surface area contributed by atoms with E-state index < -0.39 is 0 Å². The summed E-state index contributed by atoms with van der Waals surface area (Å²) in [5.41, 5.74) is 1.43. The Kier molecular flexibility index (Phi) is 2.43. The third-order valence-corrected chi connectivity index (χ3v) is 4.55. The Morgan fingerprint density at radius 3 is 2.76 bits per heavy atom. The molecule has 0 unspecified atom stereocenters. The van der Waals surface area contributed by atoms with Crippen molar-refractivity contribution >= 4 is 22.8 Å². The summed E-state index contributed by atoms with van der Waals surface area (Å²) in [4.78, 5) is 25.6. The minimum absolute atomic E-state index is 0.0852. The molecule has 1 aromatic heterocycles. The van der Waals surface area contributed by atoms with E-state index >= 15 is 0 Å². The number of nitrogens with zero attached hydrogens (tertiary/aromatic N) is 1. The van der Waals surface area contributed by atoms with Crippen molar-refractivity contribution in [2.24, 2.45) is 0 Å². The molecule has 2 amide bonds. The van der Waals surface area contributed by atoms with Crippen LogP contribution in [-0.4, -0.2) is 35.3 Å². The zero-order chi connectivity index (χ0) is 14.6. The van der Waals surface area contributed by atoms with Crippen LogP contribution < -0.4 is 5.32 Å². The average Bonchev–Trinajstić information content (AvgIpc) is 2.99. The van der Waals surface area contributed by atoms with E-state index in [9.17, 15) is 9.59 Å². The molecule has 2 aromatic rings. The second-order valence-electron chi connectivity index (χ2n) is 6.04. The number of furan rings is 1. The van der Waals surface area contributed by atoms with Crippen LogP contribution in [0.25, 0.3) is 11.0 Å².